The van der Waals surface area contributed by atoms with Gasteiger partial charge in [-0.3, -0.25) is 9.69 Å². The molecule has 0 radical (unpaired) electrons. The minimum atomic E-state index is -0.441. The van der Waals surface area contributed by atoms with Crippen LogP contribution in [-0.2, 0) is 11.3 Å². The molecule has 3 aromatic rings. The largest absolute Gasteiger partial charge is 0.472 e. The van der Waals surface area contributed by atoms with Crippen molar-refractivity contribution in [2.24, 2.45) is 0 Å². The van der Waals surface area contributed by atoms with Crippen LogP contribution < -0.4 is 21.3 Å². The second kappa shape index (κ2) is 9.36. The maximum atomic E-state index is 12.9. The van der Waals surface area contributed by atoms with E-state index in [1.807, 2.05) is 0 Å². The second-order valence-electron chi connectivity index (χ2n) is 7.30. The van der Waals surface area contributed by atoms with Gasteiger partial charge in [0.05, 0.1) is 30.4 Å². The number of nitrogens with one attached hydrogen (secondary N) is 2. The molecule has 2 aromatic carbocycles. The summed E-state index contributed by atoms with van der Waals surface area (Å²) in [5, 5.41) is 5.98. The first-order chi connectivity index (χ1) is 15.1. The first kappa shape index (κ1) is 20.5. The van der Waals surface area contributed by atoms with E-state index >= 15 is 0 Å². The van der Waals surface area contributed by atoms with Gasteiger partial charge in [0.1, 0.15) is 6.10 Å². The van der Waals surface area contributed by atoms with Crippen molar-refractivity contribution in [2.45, 2.75) is 19.1 Å². The molecule has 1 fully saturated rings. The smallest absolute Gasteiger partial charge is 0.414 e. The highest BCUT2D eigenvalue weighted by molar-refractivity contribution is 6.06. The van der Waals surface area contributed by atoms with Crippen LogP contribution in [0.4, 0.5) is 21.9 Å². The second-order valence-corrected chi connectivity index (χ2v) is 7.30. The Labute approximate surface area is 180 Å². The van der Waals surface area contributed by atoms with Crippen LogP contribution in [0.2, 0.25) is 0 Å². The van der Waals surface area contributed by atoms with Crippen molar-refractivity contribution >= 4 is 29.1 Å². The molecule has 1 atom stereocenters. The van der Waals surface area contributed by atoms with E-state index < -0.39 is 6.09 Å². The van der Waals surface area contributed by atoms with Gasteiger partial charge in [0.25, 0.3) is 5.91 Å². The monoisotopic (exact) mass is 420 g/mol. The lowest BCUT2D eigenvalue weighted by Crippen LogP contribution is -2.34. The van der Waals surface area contributed by atoms with Crippen molar-refractivity contribution in [3.8, 4) is 0 Å². The Morgan fingerprint density at radius 2 is 1.97 bits per heavy atom. The number of rotatable bonds is 6. The molecule has 2 heterocycles. The number of carbonyl (C=O) groups excluding carboxylic acids is 2. The Bertz CT molecular complexity index is 1030. The molecule has 0 saturated carbocycles. The van der Waals surface area contributed by atoms with Gasteiger partial charge >= 0.3 is 6.09 Å². The summed E-state index contributed by atoms with van der Waals surface area (Å²) in [5.41, 5.74) is 8.83. The molecule has 1 saturated heterocycles. The number of nitrogen functional groups attached to an aromatic ring is 1. The van der Waals surface area contributed by atoms with E-state index in [0.29, 0.717) is 35.7 Å². The Morgan fingerprint density at radius 3 is 2.65 bits per heavy atom. The molecule has 4 rings (SSSR count). The number of anilines is 3. The standard InChI is InChI=1S/C23H24N4O4/c24-20-3-1-2-4-21(20)26-22(28)17-5-7-18(8-6-17)27(14-16-10-12-30-15-16)23(29)31-19-9-11-25-13-19/h1-8,10,12,15,19,25H,9,11,13-14,24H2,(H,26,28). The molecule has 0 aliphatic carbocycles. The van der Waals surface area contributed by atoms with Crippen LogP contribution in [0.5, 0.6) is 0 Å². The summed E-state index contributed by atoms with van der Waals surface area (Å²) >= 11 is 0. The summed E-state index contributed by atoms with van der Waals surface area (Å²) < 4.78 is 10.8. The Kier molecular flexibility index (Phi) is 6.18. The van der Waals surface area contributed by atoms with Crippen molar-refractivity contribution in [1.82, 2.24) is 5.32 Å². The normalized spacial score (nSPS) is 15.4. The highest BCUT2D eigenvalue weighted by Crippen LogP contribution is 2.22. The van der Waals surface area contributed by atoms with Gasteiger partial charge in [-0.25, -0.2) is 4.79 Å². The number of carbonyl (C=O) groups is 2. The topological polar surface area (TPSA) is 110 Å². The zero-order chi connectivity index (χ0) is 21.6. The fourth-order valence-electron chi connectivity index (χ4n) is 3.36. The number of furan rings is 1. The molecule has 1 unspecified atom stereocenters. The molecular weight excluding hydrogens is 396 g/mol. The highest BCUT2D eigenvalue weighted by atomic mass is 16.6. The highest BCUT2D eigenvalue weighted by Gasteiger charge is 2.24. The summed E-state index contributed by atoms with van der Waals surface area (Å²) in [5.74, 6) is -0.287. The lowest BCUT2D eigenvalue weighted by Gasteiger charge is -2.24. The predicted octanol–water partition coefficient (Wildman–Crippen LogP) is 3.62. The van der Waals surface area contributed by atoms with Crippen molar-refractivity contribution in [1.29, 1.82) is 0 Å². The first-order valence-electron chi connectivity index (χ1n) is 10.1. The van der Waals surface area contributed by atoms with Crippen LogP contribution in [0, 0.1) is 0 Å². The molecule has 1 aliphatic rings. The third kappa shape index (κ3) is 5.04. The molecule has 0 bridgehead atoms. The van der Waals surface area contributed by atoms with E-state index in [0.717, 1.165) is 18.5 Å². The molecule has 8 nitrogen and oxygen atoms in total. The molecule has 8 heteroatoms. The third-order valence-electron chi connectivity index (χ3n) is 5.07. The van der Waals surface area contributed by atoms with Crippen LogP contribution in [-0.4, -0.2) is 31.2 Å². The fourth-order valence-corrected chi connectivity index (χ4v) is 3.36. The van der Waals surface area contributed by atoms with Gasteiger partial charge in [0.2, 0.25) is 0 Å². The zero-order valence-electron chi connectivity index (χ0n) is 16.9. The summed E-state index contributed by atoms with van der Waals surface area (Å²) in [7, 11) is 0. The van der Waals surface area contributed by atoms with E-state index in [2.05, 4.69) is 10.6 Å². The van der Waals surface area contributed by atoms with Gasteiger partial charge in [-0.15, -0.1) is 0 Å². The number of para-hydroxylation sites is 2. The molecule has 31 heavy (non-hydrogen) atoms. The summed E-state index contributed by atoms with van der Waals surface area (Å²) in [6.45, 7) is 1.77. The lowest BCUT2D eigenvalue weighted by molar-refractivity contribution is 0.102. The van der Waals surface area contributed by atoms with E-state index in [1.165, 1.54) is 4.90 Å². The Balaban J connectivity index is 1.50. The summed E-state index contributed by atoms with van der Waals surface area (Å²) in [6, 6.07) is 15.6. The first-order valence-corrected chi connectivity index (χ1v) is 10.1. The van der Waals surface area contributed by atoms with Crippen LogP contribution in [0.15, 0.2) is 71.5 Å². The number of amides is 2. The predicted molar refractivity (Wildman–Crippen MR) is 118 cm³/mol. The molecule has 4 N–H and O–H groups in total. The van der Waals surface area contributed by atoms with E-state index in [-0.39, 0.29) is 12.0 Å². The number of nitrogens with zero attached hydrogens (tertiary/aromatic N) is 1. The van der Waals surface area contributed by atoms with E-state index in [1.54, 1.807) is 67.1 Å². The van der Waals surface area contributed by atoms with Gasteiger partial charge < -0.3 is 25.5 Å². The Morgan fingerprint density at radius 1 is 1.16 bits per heavy atom. The van der Waals surface area contributed by atoms with Crippen LogP contribution in [0.25, 0.3) is 0 Å². The minimum Gasteiger partial charge on any atom is -0.472 e. The number of ether oxygens (including phenoxy) is 1. The average molecular weight is 420 g/mol. The maximum absolute atomic E-state index is 12.9. The SMILES string of the molecule is Nc1ccccc1NC(=O)c1ccc(N(Cc2ccoc2)C(=O)OC2CCNC2)cc1. The number of nitrogens with two attached hydrogens (primary N) is 1. The molecule has 1 aliphatic heterocycles. The molecule has 160 valence electrons. The van der Waals surface area contributed by atoms with Gasteiger partial charge in [-0.2, -0.15) is 0 Å². The van der Waals surface area contributed by atoms with Crippen molar-refractivity contribution < 1.29 is 18.7 Å². The van der Waals surface area contributed by atoms with Crippen LogP contribution in [0.1, 0.15) is 22.3 Å². The van der Waals surface area contributed by atoms with Gasteiger partial charge in [-0.05, 0) is 55.4 Å². The molecule has 0 spiro atoms. The van der Waals surface area contributed by atoms with Crippen molar-refractivity contribution in [3.63, 3.8) is 0 Å². The number of hydrogen-bond donors (Lipinski definition) is 3. The average Bonchev–Trinajstić information content (AvgIpc) is 3.48. The van der Waals surface area contributed by atoms with Crippen LogP contribution >= 0.6 is 0 Å². The minimum absolute atomic E-state index is 0.152. The number of hydrogen-bond acceptors (Lipinski definition) is 6. The third-order valence-corrected chi connectivity index (χ3v) is 5.07. The molecular formula is C23H24N4O4. The maximum Gasteiger partial charge on any atom is 0.414 e. The summed E-state index contributed by atoms with van der Waals surface area (Å²) in [6.07, 6.45) is 3.34. The van der Waals surface area contributed by atoms with E-state index in [9.17, 15) is 9.59 Å². The lowest BCUT2D eigenvalue weighted by atomic mass is 10.1. The number of benzene rings is 2. The zero-order valence-corrected chi connectivity index (χ0v) is 16.9. The van der Waals surface area contributed by atoms with Crippen LogP contribution in [0.3, 0.4) is 0 Å². The van der Waals surface area contributed by atoms with Crippen molar-refractivity contribution in [3.05, 3.63) is 78.3 Å². The molecule has 1 aromatic heterocycles. The fraction of sp³-hybridized carbons (Fsp3) is 0.217. The Hall–Kier alpha value is -3.78. The van der Waals surface area contributed by atoms with E-state index in [4.69, 9.17) is 14.9 Å². The molecule has 2 amide bonds. The summed E-state index contributed by atoms with van der Waals surface area (Å²) in [4.78, 5) is 27.0. The quantitative estimate of drug-likeness (QED) is 0.526. The van der Waals surface area contributed by atoms with Crippen molar-refractivity contribution in [2.75, 3.05) is 29.0 Å². The van der Waals surface area contributed by atoms with Gasteiger partial charge in [-0.1, -0.05) is 12.1 Å². The van der Waals surface area contributed by atoms with Gasteiger partial charge in [0.15, 0.2) is 0 Å². The van der Waals surface area contributed by atoms with Gasteiger partial charge in [0, 0.05) is 23.4 Å².